The van der Waals surface area contributed by atoms with Crippen LogP contribution in [0, 0.1) is 10.1 Å². The molecule has 2 N–H and O–H groups in total. The molecule has 0 amide bonds. The number of carbonyl (C=O) groups excluding carboxylic acids is 1. The van der Waals surface area contributed by atoms with Crippen molar-refractivity contribution in [2.45, 2.75) is 13.3 Å². The highest BCUT2D eigenvalue weighted by Gasteiger charge is 2.18. The van der Waals surface area contributed by atoms with Crippen LogP contribution in [-0.4, -0.2) is 23.1 Å². The number of non-ortho nitro benzene ring substituents is 1. The molecule has 1 aromatic heterocycles. The van der Waals surface area contributed by atoms with Crippen molar-refractivity contribution >= 4 is 62.6 Å². The van der Waals surface area contributed by atoms with Crippen LogP contribution in [0.5, 0.6) is 0 Å². The minimum atomic E-state index is -0.528. The molecule has 0 aliphatic heterocycles. The maximum absolute atomic E-state index is 11.9. The summed E-state index contributed by atoms with van der Waals surface area (Å²) in [6, 6.07) is 5.72. The van der Waals surface area contributed by atoms with Gasteiger partial charge >= 0.3 is 5.97 Å². The molecule has 2 rings (SSSR count). The number of aryl methyl sites for hydroxylation is 1. The molecule has 0 aliphatic carbocycles. The van der Waals surface area contributed by atoms with Gasteiger partial charge in [-0.2, -0.15) is 0 Å². The molecule has 0 radical (unpaired) electrons. The number of nitro groups is 1. The van der Waals surface area contributed by atoms with Crippen molar-refractivity contribution in [3.8, 4) is 0 Å². The summed E-state index contributed by atoms with van der Waals surface area (Å²) < 4.78 is 4.76. The van der Waals surface area contributed by atoms with Gasteiger partial charge in [-0.1, -0.05) is 18.5 Å². The number of ether oxygens (including phenoxy) is 1. The van der Waals surface area contributed by atoms with Crippen LogP contribution >= 0.6 is 35.2 Å². The predicted octanol–water partition coefficient (Wildman–Crippen LogP) is 4.47. The third-order valence-corrected chi connectivity index (χ3v) is 4.90. The second-order valence-corrected chi connectivity index (χ2v) is 6.75. The molecular formula is C15H14ClN3O4S2. The number of thiocarbonyl (C=S) groups is 1. The highest BCUT2D eigenvalue weighted by Crippen LogP contribution is 2.30. The van der Waals surface area contributed by atoms with Gasteiger partial charge in [-0.25, -0.2) is 4.79 Å². The van der Waals surface area contributed by atoms with Crippen LogP contribution < -0.4 is 10.6 Å². The third kappa shape index (κ3) is 4.65. The molecule has 0 saturated carbocycles. The molecule has 7 nitrogen and oxygen atoms in total. The topological polar surface area (TPSA) is 93.5 Å². The number of rotatable bonds is 5. The van der Waals surface area contributed by atoms with E-state index in [1.54, 1.807) is 6.07 Å². The van der Waals surface area contributed by atoms with Gasteiger partial charge in [-0.15, -0.1) is 11.3 Å². The van der Waals surface area contributed by atoms with E-state index in [2.05, 4.69) is 10.6 Å². The Morgan fingerprint density at radius 2 is 2.12 bits per heavy atom. The summed E-state index contributed by atoms with van der Waals surface area (Å²) in [5.74, 6) is -0.477. The lowest BCUT2D eigenvalue weighted by atomic mass is 10.2. The fraction of sp³-hybridized carbons (Fsp3) is 0.200. The summed E-state index contributed by atoms with van der Waals surface area (Å²) in [4.78, 5) is 23.2. The van der Waals surface area contributed by atoms with Crippen molar-refractivity contribution < 1.29 is 14.5 Å². The van der Waals surface area contributed by atoms with E-state index in [-0.39, 0.29) is 15.8 Å². The average Bonchev–Trinajstić information content (AvgIpc) is 2.98. The minimum absolute atomic E-state index is 0.116. The Morgan fingerprint density at radius 3 is 2.72 bits per heavy atom. The second-order valence-electron chi connectivity index (χ2n) is 4.80. The van der Waals surface area contributed by atoms with Crippen LogP contribution in [0.25, 0.3) is 0 Å². The lowest BCUT2D eigenvalue weighted by molar-refractivity contribution is -0.384. The number of hydrogen-bond donors (Lipinski definition) is 2. The van der Waals surface area contributed by atoms with Crippen molar-refractivity contribution in [2.75, 3.05) is 17.7 Å². The van der Waals surface area contributed by atoms with Gasteiger partial charge < -0.3 is 15.4 Å². The number of halogens is 1. The minimum Gasteiger partial charge on any atom is -0.465 e. The summed E-state index contributed by atoms with van der Waals surface area (Å²) in [5, 5.41) is 17.5. The molecule has 2 aromatic rings. The zero-order chi connectivity index (χ0) is 18.6. The van der Waals surface area contributed by atoms with E-state index in [0.29, 0.717) is 16.3 Å². The first-order valence-electron chi connectivity index (χ1n) is 7.08. The smallest absolute Gasteiger partial charge is 0.340 e. The molecule has 0 atom stereocenters. The van der Waals surface area contributed by atoms with Gasteiger partial charge in [0.05, 0.1) is 28.3 Å². The summed E-state index contributed by atoms with van der Waals surface area (Å²) in [7, 11) is 1.30. The molecule has 132 valence electrons. The van der Waals surface area contributed by atoms with Crippen molar-refractivity contribution in [2.24, 2.45) is 0 Å². The van der Waals surface area contributed by atoms with Gasteiger partial charge in [0.25, 0.3) is 5.69 Å². The standard InChI is InChI=1S/C15H14ClN3O4S2/c1-3-9-7-10(14(20)23-2)13(25-9)18-15(24)17-12-6-8(19(21)22)4-5-11(12)16/h4-7H,3H2,1-2H3,(H2,17,18,24). The van der Waals surface area contributed by atoms with Gasteiger partial charge in [0, 0.05) is 17.0 Å². The Kier molecular flexibility index (Phi) is 6.29. The molecule has 0 aliphatic rings. The normalized spacial score (nSPS) is 10.2. The van der Waals surface area contributed by atoms with Crippen LogP contribution in [-0.2, 0) is 11.2 Å². The zero-order valence-corrected chi connectivity index (χ0v) is 15.7. The van der Waals surface area contributed by atoms with E-state index in [4.69, 9.17) is 28.6 Å². The van der Waals surface area contributed by atoms with E-state index in [9.17, 15) is 14.9 Å². The second kappa shape index (κ2) is 8.24. The van der Waals surface area contributed by atoms with Gasteiger partial charge in [-0.3, -0.25) is 10.1 Å². The molecule has 0 spiro atoms. The lowest BCUT2D eigenvalue weighted by Gasteiger charge is -2.11. The quantitative estimate of drug-likeness (QED) is 0.331. The Balaban J connectivity index is 2.21. The zero-order valence-electron chi connectivity index (χ0n) is 13.3. The molecule has 0 saturated heterocycles. The fourth-order valence-electron chi connectivity index (χ4n) is 1.95. The lowest BCUT2D eigenvalue weighted by Crippen LogP contribution is -2.20. The van der Waals surface area contributed by atoms with Gasteiger partial charge in [0.1, 0.15) is 5.00 Å². The van der Waals surface area contributed by atoms with Crippen LogP contribution in [0.15, 0.2) is 24.3 Å². The summed E-state index contributed by atoms with van der Waals surface area (Å²) in [6.45, 7) is 1.97. The Morgan fingerprint density at radius 1 is 1.40 bits per heavy atom. The SMILES string of the molecule is CCc1cc(C(=O)OC)c(NC(=S)Nc2cc([N+](=O)[O-])ccc2Cl)s1. The first kappa shape index (κ1) is 19.1. The monoisotopic (exact) mass is 399 g/mol. The number of thiophene rings is 1. The highest BCUT2D eigenvalue weighted by molar-refractivity contribution is 7.80. The number of hydrogen-bond acceptors (Lipinski definition) is 6. The molecule has 10 heteroatoms. The molecule has 25 heavy (non-hydrogen) atoms. The Hall–Kier alpha value is -2.23. The number of carbonyl (C=O) groups is 1. The van der Waals surface area contributed by atoms with E-state index >= 15 is 0 Å². The van der Waals surface area contributed by atoms with E-state index in [1.165, 1.54) is 36.6 Å². The first-order chi connectivity index (χ1) is 11.8. The molecule has 0 fully saturated rings. The van der Waals surface area contributed by atoms with Crippen molar-refractivity contribution in [3.05, 3.63) is 49.8 Å². The van der Waals surface area contributed by atoms with Gasteiger partial charge in [-0.05, 0) is 30.8 Å². The predicted molar refractivity (Wildman–Crippen MR) is 103 cm³/mol. The molecular weight excluding hydrogens is 386 g/mol. The van der Waals surface area contributed by atoms with Crippen molar-refractivity contribution in [1.29, 1.82) is 0 Å². The largest absolute Gasteiger partial charge is 0.465 e. The first-order valence-corrected chi connectivity index (χ1v) is 8.69. The number of esters is 1. The summed E-state index contributed by atoms with van der Waals surface area (Å²) in [5.41, 5.74) is 0.549. The Bertz CT molecular complexity index is 838. The van der Waals surface area contributed by atoms with E-state index < -0.39 is 10.9 Å². The van der Waals surface area contributed by atoms with Crippen molar-refractivity contribution in [1.82, 2.24) is 0 Å². The molecule has 0 unspecified atom stereocenters. The molecule has 0 bridgehead atoms. The third-order valence-electron chi connectivity index (χ3n) is 3.17. The number of methoxy groups -OCH3 is 1. The maximum Gasteiger partial charge on any atom is 0.340 e. The van der Waals surface area contributed by atoms with Gasteiger partial charge in [0.15, 0.2) is 5.11 Å². The van der Waals surface area contributed by atoms with Crippen LogP contribution in [0.2, 0.25) is 5.02 Å². The number of benzene rings is 1. The van der Waals surface area contributed by atoms with Crippen LogP contribution in [0.1, 0.15) is 22.2 Å². The Labute approximate surface area is 158 Å². The fourth-order valence-corrected chi connectivity index (χ4v) is 3.38. The van der Waals surface area contributed by atoms with Crippen LogP contribution in [0.3, 0.4) is 0 Å². The molecule has 1 heterocycles. The maximum atomic E-state index is 11.9. The number of nitrogens with one attached hydrogen (secondary N) is 2. The van der Waals surface area contributed by atoms with Crippen LogP contribution in [0.4, 0.5) is 16.4 Å². The van der Waals surface area contributed by atoms with Gasteiger partial charge in [0.2, 0.25) is 0 Å². The number of anilines is 2. The van der Waals surface area contributed by atoms with Crippen molar-refractivity contribution in [3.63, 3.8) is 0 Å². The number of nitrogens with zero attached hydrogens (tertiary/aromatic N) is 1. The average molecular weight is 400 g/mol. The number of nitro benzene ring substituents is 1. The van der Waals surface area contributed by atoms with E-state index in [1.807, 2.05) is 6.92 Å². The summed E-state index contributed by atoms with van der Waals surface area (Å²) >= 11 is 12.6. The summed E-state index contributed by atoms with van der Waals surface area (Å²) in [6.07, 6.45) is 0.757. The molecule has 1 aromatic carbocycles. The van der Waals surface area contributed by atoms with E-state index in [0.717, 1.165) is 11.3 Å². The highest BCUT2D eigenvalue weighted by atomic mass is 35.5.